The maximum absolute atomic E-state index is 12.8. The number of ether oxygens (including phenoxy) is 1. The van der Waals surface area contributed by atoms with Gasteiger partial charge in [0.05, 0.1) is 23.3 Å². The smallest absolute Gasteiger partial charge is 0.262 e. The lowest BCUT2D eigenvalue weighted by molar-refractivity contribution is 0.0948. The molecule has 29 heavy (non-hydrogen) atoms. The Bertz CT molecular complexity index is 1110. The highest BCUT2D eigenvalue weighted by Gasteiger charge is 2.20. The van der Waals surface area contributed by atoms with Crippen molar-refractivity contribution in [1.29, 1.82) is 0 Å². The highest BCUT2D eigenvalue weighted by Crippen LogP contribution is 2.28. The highest BCUT2D eigenvalue weighted by atomic mass is 32.2. The lowest BCUT2D eigenvalue weighted by atomic mass is 10.1. The monoisotopic (exact) mass is 412 g/mol. The summed E-state index contributed by atoms with van der Waals surface area (Å²) in [5, 5.41) is 12.7. The van der Waals surface area contributed by atoms with E-state index < -0.39 is 15.9 Å². The van der Waals surface area contributed by atoms with Gasteiger partial charge in [-0.2, -0.15) is 0 Å². The number of hydrogen-bond donors (Lipinski definition) is 3. The number of aromatic hydroxyl groups is 1. The Morgan fingerprint density at radius 1 is 1.00 bits per heavy atom. The van der Waals surface area contributed by atoms with Gasteiger partial charge in [0.2, 0.25) is 0 Å². The molecule has 3 rings (SSSR count). The molecule has 0 heterocycles. The number of phenolic OH excluding ortho intramolecular Hbond substituents is 1. The number of sulfonamides is 1. The summed E-state index contributed by atoms with van der Waals surface area (Å²) in [6.07, 6.45) is 0. The van der Waals surface area contributed by atoms with Crippen LogP contribution in [0.3, 0.4) is 0 Å². The van der Waals surface area contributed by atoms with Crippen LogP contribution in [0.15, 0.2) is 77.7 Å². The van der Waals surface area contributed by atoms with Gasteiger partial charge in [0.25, 0.3) is 15.9 Å². The van der Waals surface area contributed by atoms with Crippen molar-refractivity contribution >= 4 is 21.6 Å². The van der Waals surface area contributed by atoms with Crippen LogP contribution in [0.1, 0.15) is 15.9 Å². The van der Waals surface area contributed by atoms with Crippen LogP contribution in [-0.2, 0) is 16.6 Å². The normalized spacial score (nSPS) is 10.9. The lowest BCUT2D eigenvalue weighted by Crippen LogP contribution is -2.23. The second-order valence-electron chi connectivity index (χ2n) is 6.15. The third-order valence-electron chi connectivity index (χ3n) is 4.17. The maximum atomic E-state index is 12.8. The van der Waals surface area contributed by atoms with Crippen LogP contribution >= 0.6 is 0 Å². The average molecular weight is 412 g/mol. The standard InChI is InChI=1S/C21H20N2O5S/c1-28-20-10-6-5-9-18(20)23-29(26,27)16-11-12-19(24)17(13-16)21(25)22-14-15-7-3-2-4-8-15/h2-13,23-24H,14H2,1H3,(H,22,25). The van der Waals surface area contributed by atoms with Gasteiger partial charge in [-0.15, -0.1) is 0 Å². The molecule has 0 saturated heterocycles. The number of carbonyl (C=O) groups is 1. The molecular formula is C21H20N2O5S. The van der Waals surface area contributed by atoms with E-state index in [1.807, 2.05) is 30.3 Å². The van der Waals surface area contributed by atoms with Crippen LogP contribution in [-0.4, -0.2) is 26.5 Å². The molecule has 0 saturated carbocycles. The quantitative estimate of drug-likeness (QED) is 0.553. The molecule has 3 aromatic rings. The van der Waals surface area contributed by atoms with E-state index >= 15 is 0 Å². The van der Waals surface area contributed by atoms with Crippen molar-refractivity contribution < 1.29 is 23.1 Å². The number of methoxy groups -OCH3 is 1. The Morgan fingerprint density at radius 3 is 2.41 bits per heavy atom. The van der Waals surface area contributed by atoms with E-state index in [4.69, 9.17) is 4.74 Å². The van der Waals surface area contributed by atoms with Crippen molar-refractivity contribution in [2.75, 3.05) is 11.8 Å². The predicted molar refractivity (Wildman–Crippen MR) is 110 cm³/mol. The molecule has 0 atom stereocenters. The molecule has 3 N–H and O–H groups in total. The summed E-state index contributed by atoms with van der Waals surface area (Å²) in [6, 6.07) is 19.3. The third kappa shape index (κ3) is 4.85. The summed E-state index contributed by atoms with van der Waals surface area (Å²) in [7, 11) is -2.57. The molecule has 0 radical (unpaired) electrons. The van der Waals surface area contributed by atoms with Crippen molar-refractivity contribution in [1.82, 2.24) is 5.32 Å². The summed E-state index contributed by atoms with van der Waals surface area (Å²) in [4.78, 5) is 12.3. The largest absolute Gasteiger partial charge is 0.507 e. The Labute approximate surface area is 169 Å². The summed E-state index contributed by atoms with van der Waals surface area (Å²) in [5.74, 6) is -0.539. The number of nitrogens with one attached hydrogen (secondary N) is 2. The van der Waals surface area contributed by atoms with Crippen LogP contribution in [0.25, 0.3) is 0 Å². The van der Waals surface area contributed by atoms with Gasteiger partial charge in [-0.3, -0.25) is 9.52 Å². The van der Waals surface area contributed by atoms with Crippen LogP contribution in [0.5, 0.6) is 11.5 Å². The maximum Gasteiger partial charge on any atom is 0.262 e. The van der Waals surface area contributed by atoms with E-state index in [0.29, 0.717) is 5.75 Å². The summed E-state index contributed by atoms with van der Waals surface area (Å²) in [5.41, 5.74) is 1.00. The number of carbonyl (C=O) groups excluding carboxylic acids is 1. The number of anilines is 1. The number of amides is 1. The van der Waals surface area contributed by atoms with Crippen molar-refractivity contribution in [2.45, 2.75) is 11.4 Å². The van der Waals surface area contributed by atoms with Gasteiger partial charge in [-0.05, 0) is 35.9 Å². The highest BCUT2D eigenvalue weighted by molar-refractivity contribution is 7.92. The summed E-state index contributed by atoms with van der Waals surface area (Å²) < 4.78 is 33.1. The molecule has 0 fully saturated rings. The molecule has 0 aliphatic carbocycles. The van der Waals surface area contributed by atoms with Crippen molar-refractivity contribution in [3.8, 4) is 11.5 Å². The molecule has 0 bridgehead atoms. The SMILES string of the molecule is COc1ccccc1NS(=O)(=O)c1ccc(O)c(C(=O)NCc2ccccc2)c1. The molecule has 150 valence electrons. The van der Waals surface area contributed by atoms with E-state index in [9.17, 15) is 18.3 Å². The number of benzene rings is 3. The first-order chi connectivity index (χ1) is 13.9. The minimum atomic E-state index is -4.01. The molecule has 0 aliphatic heterocycles. The molecule has 7 nitrogen and oxygen atoms in total. The fourth-order valence-electron chi connectivity index (χ4n) is 2.67. The van der Waals surface area contributed by atoms with Gasteiger partial charge >= 0.3 is 0 Å². The molecule has 8 heteroatoms. The van der Waals surface area contributed by atoms with Gasteiger partial charge < -0.3 is 15.2 Å². The summed E-state index contributed by atoms with van der Waals surface area (Å²) in [6.45, 7) is 0.246. The average Bonchev–Trinajstić information content (AvgIpc) is 2.73. The lowest BCUT2D eigenvalue weighted by Gasteiger charge is -2.13. The number of phenols is 1. The van der Waals surface area contributed by atoms with E-state index in [0.717, 1.165) is 11.6 Å². The van der Waals surface area contributed by atoms with Gasteiger partial charge in [-0.1, -0.05) is 42.5 Å². The predicted octanol–water partition coefficient (Wildman–Crippen LogP) is 3.13. The number of para-hydroxylation sites is 2. The van der Waals surface area contributed by atoms with E-state index in [1.165, 1.54) is 19.2 Å². The Kier molecular flexibility index (Phi) is 6.04. The van der Waals surface area contributed by atoms with Crippen LogP contribution in [0, 0.1) is 0 Å². The second kappa shape index (κ2) is 8.66. The summed E-state index contributed by atoms with van der Waals surface area (Å²) >= 11 is 0. The first-order valence-corrected chi connectivity index (χ1v) is 10.2. The molecule has 0 unspecified atom stereocenters. The zero-order valence-electron chi connectivity index (χ0n) is 15.6. The number of hydrogen-bond acceptors (Lipinski definition) is 5. The zero-order valence-corrected chi connectivity index (χ0v) is 16.4. The van der Waals surface area contributed by atoms with Gasteiger partial charge in [0.1, 0.15) is 11.5 Å². The number of rotatable bonds is 7. The minimum absolute atomic E-state index is 0.135. The fraction of sp³-hybridized carbons (Fsp3) is 0.0952. The van der Waals surface area contributed by atoms with Crippen molar-refractivity contribution in [3.63, 3.8) is 0 Å². The molecule has 0 spiro atoms. The Morgan fingerprint density at radius 2 is 1.69 bits per heavy atom. The minimum Gasteiger partial charge on any atom is -0.507 e. The van der Waals surface area contributed by atoms with Crippen LogP contribution in [0.4, 0.5) is 5.69 Å². The fourth-order valence-corrected chi connectivity index (χ4v) is 3.77. The van der Waals surface area contributed by atoms with Crippen molar-refractivity contribution in [3.05, 3.63) is 83.9 Å². The zero-order chi connectivity index (χ0) is 20.9. The van der Waals surface area contributed by atoms with Gasteiger partial charge in [0, 0.05) is 6.54 Å². The van der Waals surface area contributed by atoms with Crippen LogP contribution in [0.2, 0.25) is 0 Å². The van der Waals surface area contributed by atoms with E-state index in [2.05, 4.69) is 10.0 Å². The molecule has 0 aromatic heterocycles. The molecule has 3 aromatic carbocycles. The topological polar surface area (TPSA) is 105 Å². The molecule has 1 amide bonds. The van der Waals surface area contributed by atoms with E-state index in [1.54, 1.807) is 24.3 Å². The van der Waals surface area contributed by atoms with Gasteiger partial charge in [0.15, 0.2) is 0 Å². The van der Waals surface area contributed by atoms with E-state index in [-0.39, 0.29) is 28.4 Å². The first kappa shape index (κ1) is 20.2. The molecule has 0 aliphatic rings. The third-order valence-corrected chi connectivity index (χ3v) is 5.53. The Balaban J connectivity index is 1.82. The molecular weight excluding hydrogens is 392 g/mol. The van der Waals surface area contributed by atoms with Crippen LogP contribution < -0.4 is 14.8 Å². The second-order valence-corrected chi connectivity index (χ2v) is 7.84. The Hall–Kier alpha value is -3.52. The van der Waals surface area contributed by atoms with Crippen molar-refractivity contribution in [2.24, 2.45) is 0 Å². The first-order valence-electron chi connectivity index (χ1n) is 8.71. The van der Waals surface area contributed by atoms with Gasteiger partial charge in [-0.25, -0.2) is 8.42 Å².